The molecule has 3 rings (SSSR count). The van der Waals surface area contributed by atoms with E-state index in [2.05, 4.69) is 20.3 Å². The van der Waals surface area contributed by atoms with Crippen LogP contribution in [-0.2, 0) is 10.5 Å². The molecule has 0 amide bonds. The maximum atomic E-state index is 10.2. The van der Waals surface area contributed by atoms with E-state index >= 15 is 0 Å². The third-order valence-corrected chi connectivity index (χ3v) is 4.38. The molecule has 4 atom stereocenters. The quantitative estimate of drug-likeness (QED) is 0.733. The molecule has 4 unspecified atom stereocenters. The van der Waals surface area contributed by atoms with Crippen molar-refractivity contribution in [1.29, 1.82) is 0 Å². The summed E-state index contributed by atoms with van der Waals surface area (Å²) in [5, 5.41) is 23.3. The maximum absolute atomic E-state index is 10.2. The van der Waals surface area contributed by atoms with Crippen molar-refractivity contribution in [2.45, 2.75) is 44.1 Å². The molecule has 0 aromatic carbocycles. The van der Waals surface area contributed by atoms with Gasteiger partial charge in [-0.05, 0) is 20.1 Å². The molecule has 0 spiro atoms. The lowest BCUT2D eigenvalue weighted by molar-refractivity contribution is -0.0299. The molecule has 0 aliphatic carbocycles. The van der Waals surface area contributed by atoms with Gasteiger partial charge in [0.1, 0.15) is 18.0 Å². The minimum atomic E-state index is -1.02. The monoisotopic (exact) mass is 339 g/mol. The summed E-state index contributed by atoms with van der Waals surface area (Å²) in [6.07, 6.45) is 0.438. The van der Waals surface area contributed by atoms with E-state index in [1.807, 2.05) is 13.2 Å². The van der Waals surface area contributed by atoms with Crippen molar-refractivity contribution in [3.8, 4) is 0 Å². The van der Waals surface area contributed by atoms with E-state index in [0.29, 0.717) is 28.6 Å². The fourth-order valence-corrected chi connectivity index (χ4v) is 3.08. The van der Waals surface area contributed by atoms with E-state index in [0.717, 1.165) is 6.54 Å². The van der Waals surface area contributed by atoms with Gasteiger partial charge in [0, 0.05) is 6.54 Å². The largest absolute Gasteiger partial charge is 0.388 e. The first-order valence-electron chi connectivity index (χ1n) is 7.54. The molecule has 126 valence electrons. The smallest absolute Gasteiger partial charge is 0.168 e. The molecule has 8 nitrogen and oxygen atoms in total. The van der Waals surface area contributed by atoms with E-state index in [9.17, 15) is 10.2 Å². The number of hydrogen-bond donors (Lipinski definition) is 3. The van der Waals surface area contributed by atoms with E-state index in [1.165, 1.54) is 0 Å². The Hall–Kier alpha value is -1.42. The van der Waals surface area contributed by atoms with Crippen molar-refractivity contribution in [3.63, 3.8) is 0 Å². The Morgan fingerprint density at radius 3 is 2.74 bits per heavy atom. The summed E-state index contributed by atoms with van der Waals surface area (Å²) < 4.78 is 7.34. The van der Waals surface area contributed by atoms with Gasteiger partial charge in [-0.1, -0.05) is 0 Å². The summed E-state index contributed by atoms with van der Waals surface area (Å²) in [5.41, 5.74) is 1.21. The van der Waals surface area contributed by atoms with Gasteiger partial charge in [0.15, 0.2) is 23.2 Å². The highest BCUT2D eigenvalue weighted by Crippen LogP contribution is 2.32. The first kappa shape index (κ1) is 16.4. The third kappa shape index (κ3) is 2.89. The van der Waals surface area contributed by atoms with Crippen molar-refractivity contribution in [1.82, 2.24) is 19.5 Å². The van der Waals surface area contributed by atoms with Gasteiger partial charge in [0.25, 0.3) is 0 Å². The first-order valence-corrected chi connectivity index (χ1v) is 8.94. The van der Waals surface area contributed by atoms with Crippen LogP contribution in [0.1, 0.15) is 25.9 Å². The topological polar surface area (TPSA) is 105 Å². The van der Waals surface area contributed by atoms with Crippen LogP contribution >= 0.6 is 11.8 Å². The molecule has 0 radical (unpaired) electrons. The van der Waals surface area contributed by atoms with Crippen molar-refractivity contribution in [2.75, 3.05) is 18.1 Å². The standard InChI is InChI=1S/C14H21N5O3S/c1-4-15-12-9-13(18-8(17-12)5-23-3)19(6-16-9)14-11(21)10(20)7(2)22-14/h6-7,10-11,14,20-21H,4-5H2,1-3H3,(H,15,17,18). The molecule has 9 heteroatoms. The molecule has 1 aliphatic rings. The molecule has 1 aliphatic heterocycles. The number of nitrogens with one attached hydrogen (secondary N) is 1. The van der Waals surface area contributed by atoms with Gasteiger partial charge in [-0.15, -0.1) is 0 Å². The van der Waals surface area contributed by atoms with Gasteiger partial charge in [0.05, 0.1) is 18.2 Å². The Morgan fingerprint density at radius 2 is 2.13 bits per heavy atom. The van der Waals surface area contributed by atoms with Crippen molar-refractivity contribution >= 4 is 28.7 Å². The summed E-state index contributed by atoms with van der Waals surface area (Å²) in [6.45, 7) is 4.43. The SMILES string of the molecule is CCNc1nc(CSC)nc2c1ncn2C1OC(C)C(O)C1O. The number of anilines is 1. The van der Waals surface area contributed by atoms with Crippen molar-refractivity contribution < 1.29 is 14.9 Å². The normalized spacial score (nSPS) is 27.7. The minimum absolute atomic E-state index is 0.451. The highest BCUT2D eigenvalue weighted by Gasteiger charge is 2.42. The summed E-state index contributed by atoms with van der Waals surface area (Å²) in [7, 11) is 0. The van der Waals surface area contributed by atoms with Crippen molar-refractivity contribution in [2.24, 2.45) is 0 Å². The first-order chi connectivity index (χ1) is 11.1. The zero-order valence-corrected chi connectivity index (χ0v) is 14.1. The number of aromatic nitrogens is 4. The van der Waals surface area contributed by atoms with Gasteiger partial charge < -0.3 is 20.3 Å². The lowest BCUT2D eigenvalue weighted by Crippen LogP contribution is -2.30. The number of imidazole rings is 1. The van der Waals surface area contributed by atoms with Crippen molar-refractivity contribution in [3.05, 3.63) is 12.2 Å². The van der Waals surface area contributed by atoms with E-state index in [1.54, 1.807) is 29.6 Å². The highest BCUT2D eigenvalue weighted by atomic mass is 32.2. The van der Waals surface area contributed by atoms with E-state index in [-0.39, 0.29) is 0 Å². The molecule has 2 aromatic rings. The summed E-state index contributed by atoms with van der Waals surface area (Å²) in [6, 6.07) is 0. The van der Waals surface area contributed by atoms with Crippen LogP contribution < -0.4 is 5.32 Å². The van der Waals surface area contributed by atoms with Crippen LogP contribution in [0.5, 0.6) is 0 Å². The number of hydrogen-bond acceptors (Lipinski definition) is 8. The van der Waals surface area contributed by atoms with Crippen LogP contribution in [0.15, 0.2) is 6.33 Å². The second-order valence-corrected chi connectivity index (χ2v) is 6.35. The zero-order chi connectivity index (χ0) is 16.6. The van der Waals surface area contributed by atoms with Crippen LogP contribution in [0.4, 0.5) is 5.82 Å². The Morgan fingerprint density at radius 1 is 1.35 bits per heavy atom. The fraction of sp³-hybridized carbons (Fsp3) is 0.643. The van der Waals surface area contributed by atoms with Gasteiger partial charge in [0.2, 0.25) is 0 Å². The zero-order valence-electron chi connectivity index (χ0n) is 13.3. The average Bonchev–Trinajstić information content (AvgIpc) is 3.05. The van der Waals surface area contributed by atoms with Gasteiger partial charge >= 0.3 is 0 Å². The number of fused-ring (bicyclic) bond motifs is 1. The lowest BCUT2D eigenvalue weighted by atomic mass is 10.1. The molecule has 0 bridgehead atoms. The number of thioether (sulfide) groups is 1. The molecule has 1 saturated heterocycles. The van der Waals surface area contributed by atoms with Gasteiger partial charge in [-0.2, -0.15) is 11.8 Å². The lowest BCUT2D eigenvalue weighted by Gasteiger charge is -2.17. The number of aliphatic hydroxyl groups is 2. The van der Waals surface area contributed by atoms with Crippen LogP contribution in [-0.4, -0.2) is 60.8 Å². The van der Waals surface area contributed by atoms with E-state index in [4.69, 9.17) is 4.74 Å². The second-order valence-electron chi connectivity index (χ2n) is 5.49. The molecular formula is C14H21N5O3S. The second kappa shape index (κ2) is 6.60. The highest BCUT2D eigenvalue weighted by molar-refractivity contribution is 7.97. The van der Waals surface area contributed by atoms with Gasteiger partial charge in [-0.25, -0.2) is 15.0 Å². The number of nitrogens with zero attached hydrogens (tertiary/aromatic N) is 4. The summed E-state index contributed by atoms with van der Waals surface area (Å²) in [4.78, 5) is 13.4. The Balaban J connectivity index is 2.08. The molecule has 3 heterocycles. The van der Waals surface area contributed by atoms with Crippen LogP contribution in [0.25, 0.3) is 11.2 Å². The van der Waals surface area contributed by atoms with Crippen LogP contribution in [0, 0.1) is 0 Å². The molecule has 2 aromatic heterocycles. The predicted molar refractivity (Wildman–Crippen MR) is 88.3 cm³/mol. The van der Waals surface area contributed by atoms with E-state index < -0.39 is 24.5 Å². The van der Waals surface area contributed by atoms with Crippen LogP contribution in [0.3, 0.4) is 0 Å². The number of rotatable bonds is 5. The Bertz CT molecular complexity index is 694. The fourth-order valence-electron chi connectivity index (χ4n) is 2.69. The molecule has 1 fully saturated rings. The molecule has 0 saturated carbocycles. The summed E-state index contributed by atoms with van der Waals surface area (Å²) in [5.74, 6) is 2.03. The van der Waals surface area contributed by atoms with Gasteiger partial charge in [-0.3, -0.25) is 4.57 Å². The average molecular weight is 339 g/mol. The molecular weight excluding hydrogens is 318 g/mol. The van der Waals surface area contributed by atoms with Crippen LogP contribution in [0.2, 0.25) is 0 Å². The maximum Gasteiger partial charge on any atom is 0.168 e. The number of ether oxygens (including phenoxy) is 1. The minimum Gasteiger partial charge on any atom is -0.388 e. The number of aliphatic hydroxyl groups excluding tert-OH is 2. The summed E-state index contributed by atoms with van der Waals surface area (Å²) >= 11 is 1.63. The predicted octanol–water partition coefficient (Wildman–Crippen LogP) is 0.760. The molecule has 23 heavy (non-hydrogen) atoms. The Labute approximate surface area is 138 Å². The molecule has 3 N–H and O–H groups in total. The Kier molecular flexibility index (Phi) is 4.72. The third-order valence-electron chi connectivity index (χ3n) is 3.84.